The second kappa shape index (κ2) is 4.50. The average Bonchev–Trinajstić information content (AvgIpc) is 2.56. The number of hydrogen-bond donors (Lipinski definition) is 1. The van der Waals surface area contributed by atoms with E-state index in [0.29, 0.717) is 5.69 Å². The quantitative estimate of drug-likeness (QED) is 0.925. The van der Waals surface area contributed by atoms with Gasteiger partial charge in [0.15, 0.2) is 5.69 Å². The Morgan fingerprint density at radius 2 is 2.24 bits per heavy atom. The number of carbonyl (C=O) groups is 1. The van der Waals surface area contributed by atoms with E-state index < -0.39 is 5.97 Å². The van der Waals surface area contributed by atoms with Gasteiger partial charge in [0, 0.05) is 4.47 Å². The number of nitrogens with zero attached hydrogens (tertiary/aromatic N) is 2. The lowest BCUT2D eigenvalue weighted by Crippen LogP contribution is -2.02. The molecule has 1 aromatic carbocycles. The van der Waals surface area contributed by atoms with E-state index in [1.54, 1.807) is 6.92 Å². The van der Waals surface area contributed by atoms with Gasteiger partial charge < -0.3 is 5.11 Å². The number of aromatic carboxylic acids is 1. The molecule has 0 amide bonds. The van der Waals surface area contributed by atoms with Crippen molar-refractivity contribution >= 4 is 33.5 Å². The van der Waals surface area contributed by atoms with Gasteiger partial charge in [-0.2, -0.15) is 5.10 Å². The lowest BCUT2D eigenvalue weighted by molar-refractivity contribution is 0.0690. The van der Waals surface area contributed by atoms with Crippen LogP contribution in [0.5, 0.6) is 0 Å². The van der Waals surface area contributed by atoms with E-state index in [4.69, 9.17) is 16.7 Å². The molecule has 0 saturated carbocycles. The third kappa shape index (κ3) is 2.21. The molecule has 1 heterocycles. The molecule has 0 radical (unpaired) electrons. The Labute approximate surface area is 111 Å². The van der Waals surface area contributed by atoms with Crippen molar-refractivity contribution in [3.8, 4) is 5.69 Å². The molecule has 0 aliphatic heterocycles. The lowest BCUT2D eigenvalue weighted by atomic mass is 10.3. The Morgan fingerprint density at radius 1 is 1.53 bits per heavy atom. The highest BCUT2D eigenvalue weighted by atomic mass is 79.9. The molecule has 0 saturated heterocycles. The molecule has 0 unspecified atom stereocenters. The summed E-state index contributed by atoms with van der Waals surface area (Å²) in [5, 5.41) is 13.1. The molecule has 2 aromatic rings. The monoisotopic (exact) mass is 314 g/mol. The Bertz CT molecular complexity index is 595. The number of carboxylic acids is 1. The number of rotatable bonds is 2. The summed E-state index contributed by atoms with van der Waals surface area (Å²) in [6.07, 6.45) is 0. The molecule has 1 N–H and O–H groups in total. The fraction of sp³-hybridized carbons (Fsp3) is 0.0909. The van der Waals surface area contributed by atoms with Crippen LogP contribution < -0.4 is 0 Å². The first kappa shape index (κ1) is 12.1. The molecule has 0 aliphatic rings. The molecule has 88 valence electrons. The van der Waals surface area contributed by atoms with Crippen LogP contribution in [0.15, 0.2) is 28.7 Å². The standard InChI is InChI=1S/C11H8BrClN2O2/c1-6-9(13)10(11(16)17)14-15(6)8-4-2-3-7(12)5-8/h2-5H,1H3,(H,16,17). The lowest BCUT2D eigenvalue weighted by Gasteiger charge is -2.04. The minimum absolute atomic E-state index is 0.135. The molecule has 0 fully saturated rings. The first-order chi connectivity index (χ1) is 8.00. The first-order valence-corrected chi connectivity index (χ1v) is 5.92. The van der Waals surface area contributed by atoms with Crippen LogP contribution in [0.1, 0.15) is 16.2 Å². The SMILES string of the molecule is Cc1c(Cl)c(C(=O)O)nn1-c1cccc(Br)c1. The van der Waals surface area contributed by atoms with E-state index in [-0.39, 0.29) is 10.7 Å². The van der Waals surface area contributed by atoms with Crippen LogP contribution in [-0.2, 0) is 0 Å². The zero-order chi connectivity index (χ0) is 12.6. The highest BCUT2D eigenvalue weighted by Gasteiger charge is 2.19. The Kier molecular flexibility index (Phi) is 3.22. The zero-order valence-corrected chi connectivity index (χ0v) is 11.2. The van der Waals surface area contributed by atoms with Gasteiger partial charge in [-0.3, -0.25) is 0 Å². The summed E-state index contributed by atoms with van der Waals surface area (Å²) in [6.45, 7) is 1.72. The third-order valence-electron chi connectivity index (χ3n) is 2.30. The highest BCUT2D eigenvalue weighted by Crippen LogP contribution is 2.24. The summed E-state index contributed by atoms with van der Waals surface area (Å²) in [5.41, 5.74) is 1.22. The second-order valence-corrected chi connectivity index (χ2v) is 4.74. The van der Waals surface area contributed by atoms with Crippen LogP contribution in [0.2, 0.25) is 5.02 Å². The molecule has 4 nitrogen and oxygen atoms in total. The van der Waals surface area contributed by atoms with Crippen LogP contribution >= 0.6 is 27.5 Å². The van der Waals surface area contributed by atoms with Crippen molar-refractivity contribution in [3.63, 3.8) is 0 Å². The van der Waals surface area contributed by atoms with E-state index in [9.17, 15) is 4.79 Å². The molecule has 2 rings (SSSR count). The maximum atomic E-state index is 10.9. The molecular formula is C11H8BrClN2O2. The molecule has 0 spiro atoms. The highest BCUT2D eigenvalue weighted by molar-refractivity contribution is 9.10. The van der Waals surface area contributed by atoms with Crippen molar-refractivity contribution in [2.75, 3.05) is 0 Å². The van der Waals surface area contributed by atoms with Crippen LogP contribution in [0.25, 0.3) is 5.69 Å². The van der Waals surface area contributed by atoms with E-state index in [2.05, 4.69) is 21.0 Å². The van der Waals surface area contributed by atoms with E-state index in [1.807, 2.05) is 24.3 Å². The van der Waals surface area contributed by atoms with Gasteiger partial charge in [0.05, 0.1) is 16.4 Å². The normalized spacial score (nSPS) is 10.5. The van der Waals surface area contributed by atoms with Crippen molar-refractivity contribution in [1.29, 1.82) is 0 Å². The van der Waals surface area contributed by atoms with Crippen molar-refractivity contribution in [2.24, 2.45) is 0 Å². The smallest absolute Gasteiger partial charge is 0.358 e. The van der Waals surface area contributed by atoms with Gasteiger partial charge in [-0.15, -0.1) is 0 Å². The van der Waals surface area contributed by atoms with Crippen molar-refractivity contribution < 1.29 is 9.90 Å². The molecule has 0 aliphatic carbocycles. The zero-order valence-electron chi connectivity index (χ0n) is 8.82. The summed E-state index contributed by atoms with van der Waals surface area (Å²) in [5.74, 6) is -1.13. The molecule has 1 aromatic heterocycles. The Morgan fingerprint density at radius 3 is 2.76 bits per heavy atom. The second-order valence-electron chi connectivity index (χ2n) is 3.44. The molecule has 6 heteroatoms. The van der Waals surface area contributed by atoms with E-state index in [1.165, 1.54) is 4.68 Å². The minimum Gasteiger partial charge on any atom is -0.476 e. The first-order valence-electron chi connectivity index (χ1n) is 4.75. The fourth-order valence-corrected chi connectivity index (χ4v) is 2.06. The van der Waals surface area contributed by atoms with E-state index in [0.717, 1.165) is 10.2 Å². The number of aromatic nitrogens is 2. The summed E-state index contributed by atoms with van der Waals surface area (Å²) in [7, 11) is 0. The van der Waals surface area contributed by atoms with Gasteiger partial charge in [-0.25, -0.2) is 9.48 Å². The van der Waals surface area contributed by atoms with Gasteiger partial charge in [0.1, 0.15) is 0 Å². The van der Waals surface area contributed by atoms with Crippen LogP contribution in [0.4, 0.5) is 0 Å². The van der Waals surface area contributed by atoms with Crippen molar-refractivity contribution in [1.82, 2.24) is 9.78 Å². The third-order valence-corrected chi connectivity index (χ3v) is 3.24. The molecule has 0 atom stereocenters. The van der Waals surface area contributed by atoms with Crippen LogP contribution in [0, 0.1) is 6.92 Å². The number of hydrogen-bond acceptors (Lipinski definition) is 2. The van der Waals surface area contributed by atoms with E-state index >= 15 is 0 Å². The largest absolute Gasteiger partial charge is 0.476 e. The molecule has 0 bridgehead atoms. The van der Waals surface area contributed by atoms with Crippen LogP contribution in [-0.4, -0.2) is 20.9 Å². The Hall–Kier alpha value is -1.33. The minimum atomic E-state index is -1.13. The maximum absolute atomic E-state index is 10.9. The number of benzene rings is 1. The van der Waals surface area contributed by atoms with Crippen molar-refractivity contribution in [2.45, 2.75) is 6.92 Å². The van der Waals surface area contributed by atoms with Gasteiger partial charge in [0.2, 0.25) is 0 Å². The summed E-state index contributed by atoms with van der Waals surface area (Å²) in [4.78, 5) is 10.9. The number of halogens is 2. The molecule has 17 heavy (non-hydrogen) atoms. The maximum Gasteiger partial charge on any atom is 0.358 e. The van der Waals surface area contributed by atoms with Gasteiger partial charge in [-0.05, 0) is 25.1 Å². The fourth-order valence-electron chi connectivity index (χ4n) is 1.48. The number of carboxylic acid groups (broad SMARTS) is 1. The topological polar surface area (TPSA) is 55.1 Å². The van der Waals surface area contributed by atoms with Gasteiger partial charge >= 0.3 is 5.97 Å². The average molecular weight is 316 g/mol. The predicted octanol–water partition coefficient (Wildman–Crippen LogP) is 3.29. The van der Waals surface area contributed by atoms with Gasteiger partial charge in [-0.1, -0.05) is 33.6 Å². The van der Waals surface area contributed by atoms with Crippen LogP contribution in [0.3, 0.4) is 0 Å². The summed E-state index contributed by atoms with van der Waals surface area (Å²) >= 11 is 9.27. The predicted molar refractivity (Wildman–Crippen MR) is 68.0 cm³/mol. The van der Waals surface area contributed by atoms with Gasteiger partial charge in [0.25, 0.3) is 0 Å². The summed E-state index contributed by atoms with van der Waals surface area (Å²) in [6, 6.07) is 7.38. The van der Waals surface area contributed by atoms with Crippen molar-refractivity contribution in [3.05, 3.63) is 45.1 Å². The summed E-state index contributed by atoms with van der Waals surface area (Å²) < 4.78 is 2.40. The Balaban J connectivity index is 2.61. The molecular weight excluding hydrogens is 307 g/mol.